The molecule has 2 aromatic heterocycles. The van der Waals surface area contributed by atoms with Crippen molar-refractivity contribution in [3.63, 3.8) is 0 Å². The van der Waals surface area contributed by atoms with E-state index in [4.69, 9.17) is 0 Å². The van der Waals surface area contributed by atoms with Crippen LogP contribution in [0.3, 0.4) is 0 Å². The number of para-hydroxylation sites is 1. The topological polar surface area (TPSA) is 44.0 Å². The minimum Gasteiger partial charge on any atom is -0.310 e. The predicted molar refractivity (Wildman–Crippen MR) is 239 cm³/mol. The number of hydrogen-bond donors (Lipinski definition) is 0. The zero-order valence-corrected chi connectivity index (χ0v) is 33.1. The molecule has 5 heteroatoms. The molecule has 9 aromatic rings. The number of aromatic nitrogens is 2. The SMILES string of the molecule is CC(C)(C)c1ccc2c(c1)c1cccc3c1n2-c1cc(-c2ccc(C=O)cc2)cc2c1B3c1ccc(-c3ccc(C=O)cc3)c3c4cc(C(C)(C)C)ccc4n-2c13. The minimum atomic E-state index is -0.0450. The van der Waals surface area contributed by atoms with Crippen molar-refractivity contribution in [3.8, 4) is 33.6 Å². The second-order valence-corrected chi connectivity index (χ2v) is 18.1. The molecule has 0 spiro atoms. The van der Waals surface area contributed by atoms with Crippen molar-refractivity contribution >= 4 is 79.3 Å². The molecule has 0 unspecified atom stereocenters. The normalized spacial score (nSPS) is 13.2. The first kappa shape index (κ1) is 33.8. The smallest absolute Gasteiger partial charge is 0.252 e. The van der Waals surface area contributed by atoms with Crippen LogP contribution < -0.4 is 16.4 Å². The van der Waals surface area contributed by atoms with E-state index in [1.54, 1.807) is 0 Å². The van der Waals surface area contributed by atoms with E-state index in [9.17, 15) is 9.59 Å². The van der Waals surface area contributed by atoms with Gasteiger partial charge >= 0.3 is 0 Å². The summed E-state index contributed by atoms with van der Waals surface area (Å²) in [6.07, 6.45) is 1.82. The summed E-state index contributed by atoms with van der Waals surface area (Å²) in [6, 6.07) is 46.4. The van der Waals surface area contributed by atoms with Crippen LogP contribution in [0.4, 0.5) is 0 Å². The van der Waals surface area contributed by atoms with Gasteiger partial charge < -0.3 is 9.13 Å². The number of aldehydes is 2. The van der Waals surface area contributed by atoms with Crippen molar-refractivity contribution in [2.45, 2.75) is 52.4 Å². The van der Waals surface area contributed by atoms with Crippen LogP contribution in [0.1, 0.15) is 73.4 Å². The molecular weight excluding hydrogens is 695 g/mol. The number of hydrogen-bond acceptors (Lipinski definition) is 2. The standard InChI is InChI=1S/C52H41BN2O2/c1-51(2,3)35-18-22-43-39(26-35)38-8-7-9-41-49(38)54(43)45-24-34(32-14-10-30(28-56)11-15-32)25-46-48(45)53(41)42-21-20-37(33-16-12-31(29-57)13-17-33)47-40-27-36(52(4,5)6)19-23-44(40)55(46)50(42)47/h7-29H,1-6H3. The van der Waals surface area contributed by atoms with Crippen molar-refractivity contribution in [1.82, 2.24) is 9.13 Å². The largest absolute Gasteiger partial charge is 0.310 e. The van der Waals surface area contributed by atoms with Crippen LogP contribution in [0.15, 0.2) is 127 Å². The highest BCUT2D eigenvalue weighted by Crippen LogP contribution is 2.44. The summed E-state index contributed by atoms with van der Waals surface area (Å²) in [4.78, 5) is 23.4. The molecule has 2 aliphatic heterocycles. The van der Waals surface area contributed by atoms with E-state index in [0.717, 1.165) is 34.8 Å². The van der Waals surface area contributed by atoms with Gasteiger partial charge in [0.05, 0.1) is 11.0 Å². The lowest BCUT2D eigenvalue weighted by molar-refractivity contribution is 0.111. The lowest BCUT2D eigenvalue weighted by Crippen LogP contribution is -2.59. The van der Waals surface area contributed by atoms with Gasteiger partial charge in [-0.15, -0.1) is 0 Å². The Morgan fingerprint density at radius 1 is 0.491 bits per heavy atom. The second kappa shape index (κ2) is 11.5. The van der Waals surface area contributed by atoms with E-state index in [1.165, 1.54) is 82.5 Å². The molecule has 0 bridgehead atoms. The van der Waals surface area contributed by atoms with E-state index in [2.05, 4.69) is 154 Å². The lowest BCUT2D eigenvalue weighted by Gasteiger charge is -2.34. The molecule has 57 heavy (non-hydrogen) atoms. The molecule has 7 aromatic carbocycles. The van der Waals surface area contributed by atoms with Crippen LogP contribution in [0, 0.1) is 0 Å². The van der Waals surface area contributed by atoms with Gasteiger partial charge in [-0.3, -0.25) is 9.59 Å². The summed E-state index contributed by atoms with van der Waals surface area (Å²) in [5.74, 6) is 0. The first-order valence-corrected chi connectivity index (χ1v) is 19.9. The van der Waals surface area contributed by atoms with E-state index in [-0.39, 0.29) is 17.5 Å². The van der Waals surface area contributed by atoms with Gasteiger partial charge in [-0.25, -0.2) is 0 Å². The zero-order chi connectivity index (χ0) is 39.1. The second-order valence-electron chi connectivity index (χ2n) is 18.1. The van der Waals surface area contributed by atoms with Gasteiger partial charge in [0.15, 0.2) is 0 Å². The number of carbonyl (C=O) groups excluding carboxylic acids is 2. The molecule has 0 N–H and O–H groups in total. The summed E-state index contributed by atoms with van der Waals surface area (Å²) in [6.45, 7) is 13.7. The molecule has 4 heterocycles. The fourth-order valence-electron chi connectivity index (χ4n) is 9.84. The Kier molecular flexibility index (Phi) is 6.86. The summed E-state index contributed by atoms with van der Waals surface area (Å²) in [5.41, 5.74) is 19.4. The molecule has 0 radical (unpaired) electrons. The minimum absolute atomic E-state index is 0.00280. The molecule has 0 aliphatic carbocycles. The van der Waals surface area contributed by atoms with Gasteiger partial charge in [0.1, 0.15) is 12.6 Å². The molecule has 0 atom stereocenters. The van der Waals surface area contributed by atoms with E-state index >= 15 is 0 Å². The zero-order valence-electron chi connectivity index (χ0n) is 33.1. The average Bonchev–Trinajstić information content (AvgIpc) is 3.74. The molecule has 11 rings (SSSR count). The van der Waals surface area contributed by atoms with Gasteiger partial charge in [0, 0.05) is 55.1 Å². The van der Waals surface area contributed by atoms with Gasteiger partial charge in [-0.05, 0) is 97.0 Å². The van der Waals surface area contributed by atoms with E-state index in [0.29, 0.717) is 11.1 Å². The fourth-order valence-corrected chi connectivity index (χ4v) is 9.84. The average molecular weight is 737 g/mol. The maximum absolute atomic E-state index is 11.7. The van der Waals surface area contributed by atoms with Gasteiger partial charge in [0.25, 0.3) is 6.71 Å². The molecule has 274 valence electrons. The number of benzene rings is 7. The Morgan fingerprint density at radius 2 is 1.04 bits per heavy atom. The van der Waals surface area contributed by atoms with Crippen molar-refractivity contribution in [2.24, 2.45) is 0 Å². The molecule has 2 aliphatic rings. The summed E-state index contributed by atoms with van der Waals surface area (Å²) in [7, 11) is 0. The Bertz CT molecular complexity index is 3220. The van der Waals surface area contributed by atoms with E-state index < -0.39 is 0 Å². The summed E-state index contributed by atoms with van der Waals surface area (Å²) >= 11 is 0. The van der Waals surface area contributed by atoms with Crippen LogP contribution in [0.2, 0.25) is 0 Å². The fraction of sp³-hybridized carbons (Fsp3) is 0.154. The predicted octanol–water partition coefficient (Wildman–Crippen LogP) is 10.6. The Morgan fingerprint density at radius 3 is 1.63 bits per heavy atom. The maximum atomic E-state index is 11.7. The number of nitrogens with zero attached hydrogens (tertiary/aromatic N) is 2. The summed E-state index contributed by atoms with van der Waals surface area (Å²) < 4.78 is 5.06. The Balaban J connectivity index is 1.32. The molecule has 0 saturated heterocycles. The Labute approximate surface area is 332 Å². The molecule has 4 nitrogen and oxygen atoms in total. The highest BCUT2D eigenvalue weighted by atomic mass is 16.1. The lowest BCUT2D eigenvalue weighted by atomic mass is 9.34. The molecular formula is C52H41BN2O2. The Hall–Kier alpha value is -6.46. The highest BCUT2D eigenvalue weighted by molar-refractivity contribution is 7.00. The number of rotatable bonds is 4. The van der Waals surface area contributed by atoms with Gasteiger partial charge in [-0.2, -0.15) is 0 Å². The quantitative estimate of drug-likeness (QED) is 0.133. The van der Waals surface area contributed by atoms with Crippen LogP contribution in [0.5, 0.6) is 0 Å². The number of carbonyl (C=O) groups is 2. The van der Waals surface area contributed by atoms with Crippen LogP contribution in [-0.2, 0) is 10.8 Å². The van der Waals surface area contributed by atoms with Crippen LogP contribution in [-0.4, -0.2) is 28.4 Å². The van der Waals surface area contributed by atoms with E-state index in [1.807, 2.05) is 24.3 Å². The van der Waals surface area contributed by atoms with Crippen molar-refractivity contribution in [2.75, 3.05) is 0 Å². The number of fused-ring (bicyclic) bond motifs is 10. The van der Waals surface area contributed by atoms with Gasteiger partial charge in [0.2, 0.25) is 0 Å². The third-order valence-corrected chi connectivity index (χ3v) is 12.8. The third kappa shape index (κ3) is 4.69. The molecule has 0 saturated carbocycles. The summed E-state index contributed by atoms with van der Waals surface area (Å²) in [5, 5.41) is 4.99. The van der Waals surface area contributed by atoms with Crippen LogP contribution >= 0.6 is 0 Å². The van der Waals surface area contributed by atoms with Crippen LogP contribution in [0.25, 0.3) is 77.2 Å². The first-order valence-electron chi connectivity index (χ1n) is 19.9. The maximum Gasteiger partial charge on any atom is 0.252 e. The van der Waals surface area contributed by atoms with Crippen molar-refractivity contribution in [3.05, 3.63) is 150 Å². The first-order chi connectivity index (χ1) is 27.4. The highest BCUT2D eigenvalue weighted by Gasteiger charge is 2.41. The monoisotopic (exact) mass is 736 g/mol. The molecule has 0 amide bonds. The van der Waals surface area contributed by atoms with Gasteiger partial charge in [-0.1, -0.05) is 133 Å². The molecule has 0 fully saturated rings. The third-order valence-electron chi connectivity index (χ3n) is 12.8. The van der Waals surface area contributed by atoms with Crippen molar-refractivity contribution in [1.29, 1.82) is 0 Å². The van der Waals surface area contributed by atoms with Crippen molar-refractivity contribution < 1.29 is 9.59 Å².